The number of hydrogen-bond acceptors (Lipinski definition) is 5. The molecule has 1 saturated carbocycles. The Morgan fingerprint density at radius 2 is 1.88 bits per heavy atom. The maximum absolute atomic E-state index is 13.5. The van der Waals surface area contributed by atoms with Crippen LogP contribution in [0.15, 0.2) is 24.5 Å². The number of halogens is 2. The van der Waals surface area contributed by atoms with Gasteiger partial charge in [-0.05, 0) is 48.8 Å². The molecule has 32 heavy (non-hydrogen) atoms. The van der Waals surface area contributed by atoms with Crippen LogP contribution < -0.4 is 4.90 Å². The molecule has 1 N–H and O–H groups in total. The number of aromatic nitrogens is 2. The van der Waals surface area contributed by atoms with Crippen molar-refractivity contribution < 1.29 is 9.90 Å². The van der Waals surface area contributed by atoms with Crippen molar-refractivity contribution >= 4 is 34.9 Å². The molecule has 170 valence electrons. The number of carbonyl (C=O) groups is 1. The van der Waals surface area contributed by atoms with Crippen LogP contribution in [0, 0.1) is 5.92 Å². The van der Waals surface area contributed by atoms with E-state index in [1.165, 1.54) is 0 Å². The van der Waals surface area contributed by atoms with Gasteiger partial charge in [-0.3, -0.25) is 4.79 Å². The fourth-order valence-electron chi connectivity index (χ4n) is 5.72. The molecule has 1 amide bonds. The van der Waals surface area contributed by atoms with E-state index >= 15 is 0 Å². The summed E-state index contributed by atoms with van der Waals surface area (Å²) in [6.07, 6.45) is 4.70. The van der Waals surface area contributed by atoms with Crippen LogP contribution in [0.5, 0.6) is 0 Å². The first kappa shape index (κ1) is 21.9. The Morgan fingerprint density at radius 3 is 2.62 bits per heavy atom. The zero-order valence-corrected chi connectivity index (χ0v) is 19.7. The monoisotopic (exact) mass is 474 g/mol. The largest absolute Gasteiger partial charge is 0.387 e. The molecule has 1 aliphatic heterocycles. The fraction of sp³-hybridized carbons (Fsp3) is 0.542. The molecule has 8 heteroatoms. The van der Waals surface area contributed by atoms with E-state index in [0.717, 1.165) is 55.0 Å². The number of anilines is 1. The lowest BCUT2D eigenvalue weighted by Crippen LogP contribution is -2.51. The van der Waals surface area contributed by atoms with E-state index in [1.54, 1.807) is 6.33 Å². The first-order valence-electron chi connectivity index (χ1n) is 11.5. The number of amides is 1. The molecule has 1 saturated heterocycles. The lowest BCUT2D eigenvalue weighted by molar-refractivity contribution is -0.136. The Kier molecular flexibility index (Phi) is 6.03. The quantitative estimate of drug-likeness (QED) is 0.705. The predicted octanol–water partition coefficient (Wildman–Crippen LogP) is 4.56. The van der Waals surface area contributed by atoms with Gasteiger partial charge in [0.15, 0.2) is 0 Å². The minimum absolute atomic E-state index is 0.00254. The average Bonchev–Trinajstić information content (AvgIpc) is 3.40. The zero-order chi connectivity index (χ0) is 22.4. The van der Waals surface area contributed by atoms with Gasteiger partial charge in [0.1, 0.15) is 12.1 Å². The summed E-state index contributed by atoms with van der Waals surface area (Å²) in [5.74, 6) is 1.59. The summed E-state index contributed by atoms with van der Waals surface area (Å²) >= 11 is 12.3. The Labute approximate surface area is 198 Å². The fourth-order valence-corrected chi connectivity index (χ4v) is 6.03. The summed E-state index contributed by atoms with van der Waals surface area (Å²) in [6.45, 7) is 4.95. The van der Waals surface area contributed by atoms with Gasteiger partial charge in [-0.15, -0.1) is 0 Å². The summed E-state index contributed by atoms with van der Waals surface area (Å²) in [6, 6.07) is 5.76. The number of rotatable bonds is 3. The maximum atomic E-state index is 13.5. The van der Waals surface area contributed by atoms with E-state index in [4.69, 9.17) is 23.2 Å². The molecular formula is C24H28Cl2N4O2. The number of aliphatic hydroxyl groups excluding tert-OH is 1. The molecule has 0 spiro atoms. The van der Waals surface area contributed by atoms with Crippen molar-refractivity contribution in [3.63, 3.8) is 0 Å². The normalized spacial score (nSPS) is 27.6. The van der Waals surface area contributed by atoms with Crippen molar-refractivity contribution in [2.75, 3.05) is 31.1 Å². The summed E-state index contributed by atoms with van der Waals surface area (Å²) in [4.78, 5) is 26.6. The molecule has 1 aromatic carbocycles. The molecule has 0 unspecified atom stereocenters. The Morgan fingerprint density at radius 1 is 1.09 bits per heavy atom. The first-order valence-corrected chi connectivity index (χ1v) is 12.2. The molecule has 6 nitrogen and oxygen atoms in total. The van der Waals surface area contributed by atoms with Crippen molar-refractivity contribution in [3.8, 4) is 0 Å². The molecule has 2 fully saturated rings. The van der Waals surface area contributed by atoms with Crippen molar-refractivity contribution in [2.45, 2.75) is 50.5 Å². The third kappa shape index (κ3) is 3.87. The molecule has 4 atom stereocenters. The lowest BCUT2D eigenvalue weighted by Gasteiger charge is -2.38. The highest BCUT2D eigenvalue weighted by molar-refractivity contribution is 6.42. The van der Waals surface area contributed by atoms with Crippen molar-refractivity contribution in [2.24, 2.45) is 5.92 Å². The summed E-state index contributed by atoms with van der Waals surface area (Å²) in [7, 11) is 0. The van der Waals surface area contributed by atoms with Gasteiger partial charge < -0.3 is 14.9 Å². The molecule has 5 rings (SSSR count). The number of benzene rings is 1. The van der Waals surface area contributed by atoms with Gasteiger partial charge in [0.25, 0.3) is 0 Å². The van der Waals surface area contributed by atoms with Gasteiger partial charge in [-0.1, -0.05) is 42.6 Å². The van der Waals surface area contributed by atoms with E-state index in [9.17, 15) is 9.90 Å². The Bertz CT molecular complexity index is 1030. The highest BCUT2D eigenvalue weighted by Crippen LogP contribution is 2.44. The Balaban J connectivity index is 1.28. The first-order chi connectivity index (χ1) is 15.4. The van der Waals surface area contributed by atoms with Gasteiger partial charge in [-0.25, -0.2) is 9.97 Å². The number of hydrogen-bond donors (Lipinski definition) is 1. The van der Waals surface area contributed by atoms with Crippen LogP contribution in [0.4, 0.5) is 5.82 Å². The second kappa shape index (κ2) is 8.81. The van der Waals surface area contributed by atoms with Crippen LogP contribution in [0.1, 0.15) is 67.4 Å². The molecule has 3 aliphatic rings. The second-order valence-corrected chi connectivity index (χ2v) is 10.1. The molecule has 0 bridgehead atoms. The van der Waals surface area contributed by atoms with Crippen LogP contribution in [0.2, 0.25) is 10.0 Å². The van der Waals surface area contributed by atoms with Gasteiger partial charge in [0.2, 0.25) is 5.91 Å². The summed E-state index contributed by atoms with van der Waals surface area (Å²) < 4.78 is 0. The van der Waals surface area contributed by atoms with Crippen molar-refractivity contribution in [3.05, 3.63) is 51.4 Å². The van der Waals surface area contributed by atoms with Crippen LogP contribution in [-0.4, -0.2) is 52.1 Å². The second-order valence-electron chi connectivity index (χ2n) is 9.28. The van der Waals surface area contributed by atoms with Gasteiger partial charge in [0, 0.05) is 37.7 Å². The number of nitrogens with zero attached hydrogens (tertiary/aromatic N) is 4. The van der Waals surface area contributed by atoms with Crippen LogP contribution >= 0.6 is 23.2 Å². The molecule has 2 aliphatic carbocycles. The van der Waals surface area contributed by atoms with Gasteiger partial charge >= 0.3 is 0 Å². The predicted molar refractivity (Wildman–Crippen MR) is 125 cm³/mol. The van der Waals surface area contributed by atoms with Crippen molar-refractivity contribution in [1.29, 1.82) is 0 Å². The van der Waals surface area contributed by atoms with E-state index in [-0.39, 0.29) is 23.7 Å². The standard InChI is InChI=1S/C24H28Cl2N4O2/c1-14-11-20(31)22-21(14)23(28-13-27-22)29-7-9-30(10-8-29)24(32)17-4-2-3-16(17)15-5-6-18(25)19(26)12-15/h5-6,12-14,16-17,20,31H,2-4,7-11H2,1H3/t14-,16+,17-,20-/m1/s1. The average molecular weight is 475 g/mol. The third-order valence-electron chi connectivity index (χ3n) is 7.37. The topological polar surface area (TPSA) is 69.6 Å². The summed E-state index contributed by atoms with van der Waals surface area (Å²) in [5, 5.41) is 11.4. The highest BCUT2D eigenvalue weighted by atomic mass is 35.5. The number of carbonyl (C=O) groups excluding carboxylic acids is 1. The van der Waals surface area contributed by atoms with E-state index in [1.807, 2.05) is 23.1 Å². The zero-order valence-electron chi connectivity index (χ0n) is 18.2. The van der Waals surface area contributed by atoms with Crippen LogP contribution in [0.3, 0.4) is 0 Å². The van der Waals surface area contributed by atoms with Gasteiger partial charge in [0.05, 0.1) is 21.8 Å². The molecular weight excluding hydrogens is 447 g/mol. The van der Waals surface area contributed by atoms with E-state index in [0.29, 0.717) is 29.6 Å². The third-order valence-corrected chi connectivity index (χ3v) is 8.11. The molecule has 1 aromatic heterocycles. The highest BCUT2D eigenvalue weighted by Gasteiger charge is 2.38. The summed E-state index contributed by atoms with van der Waals surface area (Å²) in [5.41, 5.74) is 2.93. The number of piperazine rings is 1. The van der Waals surface area contributed by atoms with E-state index in [2.05, 4.69) is 21.8 Å². The van der Waals surface area contributed by atoms with Crippen LogP contribution in [0.25, 0.3) is 0 Å². The Hall–Kier alpha value is -1.89. The van der Waals surface area contributed by atoms with E-state index < -0.39 is 6.10 Å². The molecule has 0 radical (unpaired) electrons. The lowest BCUT2D eigenvalue weighted by atomic mass is 9.87. The molecule has 2 aromatic rings. The van der Waals surface area contributed by atoms with Gasteiger partial charge in [-0.2, -0.15) is 0 Å². The minimum atomic E-state index is -0.509. The maximum Gasteiger partial charge on any atom is 0.226 e. The number of aliphatic hydroxyl groups is 1. The minimum Gasteiger partial charge on any atom is -0.387 e. The van der Waals surface area contributed by atoms with Crippen LogP contribution in [-0.2, 0) is 4.79 Å². The SMILES string of the molecule is C[C@@H]1C[C@@H](O)c2ncnc(N3CCN(C(=O)[C@@H]4CCC[C@H]4c4ccc(Cl)c(Cl)c4)CC3)c21. The molecule has 2 heterocycles. The number of fused-ring (bicyclic) bond motifs is 1. The van der Waals surface area contributed by atoms with Crippen molar-refractivity contribution in [1.82, 2.24) is 14.9 Å². The smallest absolute Gasteiger partial charge is 0.226 e.